The molecule has 104 valence electrons. The molecule has 0 aliphatic carbocycles. The normalized spacial score (nSPS) is 10.8. The maximum Gasteiger partial charge on any atom is 0.100 e. The van der Waals surface area contributed by atoms with Crippen molar-refractivity contribution in [2.24, 2.45) is 5.92 Å². The van der Waals surface area contributed by atoms with E-state index < -0.39 is 0 Å². The van der Waals surface area contributed by atoms with Crippen molar-refractivity contribution in [1.29, 1.82) is 5.26 Å². The zero-order valence-electron chi connectivity index (χ0n) is 12.3. The Hall–Kier alpha value is -1.01. The molecule has 1 aromatic carbocycles. The Kier molecular flexibility index (Phi) is 6.37. The minimum Gasteiger partial charge on any atom is -0.368 e. The van der Waals surface area contributed by atoms with Crippen LogP contribution >= 0.6 is 15.9 Å². The highest BCUT2D eigenvalue weighted by atomic mass is 79.9. The fourth-order valence-electron chi connectivity index (χ4n) is 2.36. The van der Waals surface area contributed by atoms with E-state index in [1.54, 1.807) is 0 Å². The van der Waals surface area contributed by atoms with E-state index in [1.807, 2.05) is 6.07 Å². The highest BCUT2D eigenvalue weighted by Gasteiger charge is 2.17. The number of nitrogens with zero attached hydrogens (tertiary/aromatic N) is 2. The molecular weight excluding hydrogens is 300 g/mol. The highest BCUT2D eigenvalue weighted by molar-refractivity contribution is 9.10. The molecule has 0 saturated carbocycles. The van der Waals surface area contributed by atoms with Crippen molar-refractivity contribution in [2.45, 2.75) is 46.6 Å². The SMILES string of the molecule is CCC(CC)N(CC(C)C)c1ccc(C#N)c(Br)c1. The van der Waals surface area contributed by atoms with Crippen molar-refractivity contribution in [1.82, 2.24) is 0 Å². The summed E-state index contributed by atoms with van der Waals surface area (Å²) in [6.45, 7) is 10.0. The third kappa shape index (κ3) is 4.24. The summed E-state index contributed by atoms with van der Waals surface area (Å²) in [5.41, 5.74) is 1.89. The first-order chi connectivity index (χ1) is 9.03. The Morgan fingerprint density at radius 1 is 1.26 bits per heavy atom. The lowest BCUT2D eigenvalue weighted by atomic mass is 10.1. The summed E-state index contributed by atoms with van der Waals surface area (Å²) < 4.78 is 0.882. The lowest BCUT2D eigenvalue weighted by Crippen LogP contribution is -2.37. The zero-order valence-corrected chi connectivity index (χ0v) is 13.9. The van der Waals surface area contributed by atoms with Gasteiger partial charge in [-0.3, -0.25) is 0 Å². The summed E-state index contributed by atoms with van der Waals surface area (Å²) in [5.74, 6) is 0.620. The maximum absolute atomic E-state index is 9.00. The summed E-state index contributed by atoms with van der Waals surface area (Å²) in [7, 11) is 0. The van der Waals surface area contributed by atoms with E-state index >= 15 is 0 Å². The van der Waals surface area contributed by atoms with E-state index in [9.17, 15) is 0 Å². The molecular formula is C16H23BrN2. The molecule has 0 saturated heterocycles. The van der Waals surface area contributed by atoms with Gasteiger partial charge >= 0.3 is 0 Å². The van der Waals surface area contributed by atoms with Crippen LogP contribution in [0, 0.1) is 17.2 Å². The third-order valence-corrected chi connectivity index (χ3v) is 4.01. The predicted molar refractivity (Wildman–Crippen MR) is 85.4 cm³/mol. The van der Waals surface area contributed by atoms with Crippen LogP contribution in [0.4, 0.5) is 5.69 Å². The smallest absolute Gasteiger partial charge is 0.100 e. The minimum atomic E-state index is 0.558. The van der Waals surface area contributed by atoms with Crippen molar-refractivity contribution < 1.29 is 0 Å². The number of anilines is 1. The van der Waals surface area contributed by atoms with Crippen LogP contribution in [0.1, 0.15) is 46.1 Å². The summed E-state index contributed by atoms with van der Waals surface area (Å²) in [6.07, 6.45) is 2.28. The second-order valence-electron chi connectivity index (χ2n) is 5.29. The molecule has 1 rings (SSSR count). The first kappa shape index (κ1) is 16.0. The Bertz CT molecular complexity index is 445. The van der Waals surface area contributed by atoms with Crippen molar-refractivity contribution >= 4 is 21.6 Å². The van der Waals surface area contributed by atoms with Crippen LogP contribution in [-0.4, -0.2) is 12.6 Å². The topological polar surface area (TPSA) is 27.0 Å². The molecule has 0 atom stereocenters. The van der Waals surface area contributed by atoms with Gasteiger partial charge < -0.3 is 4.90 Å². The Labute approximate surface area is 125 Å². The number of nitriles is 1. The van der Waals surface area contributed by atoms with Crippen LogP contribution in [0.2, 0.25) is 0 Å². The van der Waals surface area contributed by atoms with Gasteiger partial charge in [-0.1, -0.05) is 27.7 Å². The van der Waals surface area contributed by atoms with Gasteiger partial charge in [-0.25, -0.2) is 0 Å². The van der Waals surface area contributed by atoms with Gasteiger partial charge in [-0.15, -0.1) is 0 Å². The van der Waals surface area contributed by atoms with Gasteiger partial charge in [0.05, 0.1) is 5.56 Å². The molecule has 1 aromatic rings. The van der Waals surface area contributed by atoms with Crippen LogP contribution < -0.4 is 4.90 Å². The average molecular weight is 323 g/mol. The van der Waals surface area contributed by atoms with Gasteiger partial charge in [0.2, 0.25) is 0 Å². The fourth-order valence-corrected chi connectivity index (χ4v) is 2.82. The molecule has 0 unspecified atom stereocenters. The molecule has 0 aliphatic heterocycles. The summed E-state index contributed by atoms with van der Waals surface area (Å²) in [4.78, 5) is 2.47. The van der Waals surface area contributed by atoms with Crippen LogP contribution in [0.3, 0.4) is 0 Å². The Balaban J connectivity index is 3.10. The van der Waals surface area contributed by atoms with Crippen molar-refractivity contribution in [3.05, 3.63) is 28.2 Å². The van der Waals surface area contributed by atoms with Crippen LogP contribution in [0.5, 0.6) is 0 Å². The summed E-state index contributed by atoms with van der Waals surface area (Å²) in [5, 5.41) is 9.00. The van der Waals surface area contributed by atoms with Crippen LogP contribution in [0.25, 0.3) is 0 Å². The maximum atomic E-state index is 9.00. The van der Waals surface area contributed by atoms with Gasteiger partial charge in [-0.2, -0.15) is 5.26 Å². The van der Waals surface area contributed by atoms with E-state index in [1.165, 1.54) is 5.69 Å². The number of rotatable bonds is 6. The quantitative estimate of drug-likeness (QED) is 0.739. The Morgan fingerprint density at radius 3 is 2.32 bits per heavy atom. The molecule has 2 nitrogen and oxygen atoms in total. The lowest BCUT2D eigenvalue weighted by molar-refractivity contribution is 0.507. The molecule has 0 radical (unpaired) electrons. The second kappa shape index (κ2) is 7.55. The number of benzene rings is 1. The van der Waals surface area contributed by atoms with E-state index in [2.05, 4.69) is 66.7 Å². The van der Waals surface area contributed by atoms with Gasteiger partial charge in [0.1, 0.15) is 6.07 Å². The molecule has 0 amide bonds. The van der Waals surface area contributed by atoms with E-state index in [0.29, 0.717) is 17.5 Å². The van der Waals surface area contributed by atoms with Crippen LogP contribution in [0.15, 0.2) is 22.7 Å². The largest absolute Gasteiger partial charge is 0.368 e. The van der Waals surface area contributed by atoms with Gasteiger partial charge in [-0.05, 0) is 52.9 Å². The monoisotopic (exact) mass is 322 g/mol. The highest BCUT2D eigenvalue weighted by Crippen LogP contribution is 2.27. The molecule has 0 bridgehead atoms. The van der Waals surface area contributed by atoms with E-state index in [-0.39, 0.29) is 0 Å². The number of hydrogen-bond acceptors (Lipinski definition) is 2. The van der Waals surface area contributed by atoms with E-state index in [0.717, 1.165) is 23.9 Å². The average Bonchev–Trinajstić information content (AvgIpc) is 2.38. The molecule has 3 heteroatoms. The first-order valence-electron chi connectivity index (χ1n) is 6.99. The van der Waals surface area contributed by atoms with Gasteiger partial charge in [0, 0.05) is 22.7 Å². The number of hydrogen-bond donors (Lipinski definition) is 0. The van der Waals surface area contributed by atoms with E-state index in [4.69, 9.17) is 5.26 Å². The summed E-state index contributed by atoms with van der Waals surface area (Å²) in [6, 6.07) is 8.78. The lowest BCUT2D eigenvalue weighted by Gasteiger charge is -2.34. The minimum absolute atomic E-state index is 0.558. The summed E-state index contributed by atoms with van der Waals surface area (Å²) >= 11 is 3.49. The van der Waals surface area contributed by atoms with Crippen LogP contribution in [-0.2, 0) is 0 Å². The molecule has 0 spiro atoms. The molecule has 0 aliphatic rings. The standard InChI is InChI=1S/C16H23BrN2/c1-5-14(6-2)19(11-12(3)4)15-8-7-13(10-18)16(17)9-15/h7-9,12,14H,5-6,11H2,1-4H3. The van der Waals surface area contributed by atoms with Gasteiger partial charge in [0.15, 0.2) is 0 Å². The van der Waals surface area contributed by atoms with Gasteiger partial charge in [0.25, 0.3) is 0 Å². The molecule has 0 aromatic heterocycles. The van der Waals surface area contributed by atoms with Crippen molar-refractivity contribution in [2.75, 3.05) is 11.4 Å². The van der Waals surface area contributed by atoms with Crippen molar-refractivity contribution in [3.8, 4) is 6.07 Å². The molecule has 0 N–H and O–H groups in total. The molecule has 0 heterocycles. The third-order valence-electron chi connectivity index (χ3n) is 3.35. The zero-order chi connectivity index (χ0) is 14.4. The Morgan fingerprint density at radius 2 is 1.89 bits per heavy atom. The predicted octanol–water partition coefficient (Wildman–Crippen LogP) is 4.97. The fraction of sp³-hybridized carbons (Fsp3) is 0.562. The number of halogens is 1. The second-order valence-corrected chi connectivity index (χ2v) is 6.15. The van der Waals surface area contributed by atoms with Crippen molar-refractivity contribution in [3.63, 3.8) is 0 Å². The molecule has 0 fully saturated rings. The first-order valence-corrected chi connectivity index (χ1v) is 7.79. The molecule has 19 heavy (non-hydrogen) atoms.